The number of para-hydroxylation sites is 1. The molecule has 0 atom stereocenters. The summed E-state index contributed by atoms with van der Waals surface area (Å²) in [5.74, 6) is 1.60. The van der Waals surface area contributed by atoms with Gasteiger partial charge in [-0.2, -0.15) is 0 Å². The zero-order valence-electron chi connectivity index (χ0n) is 14.4. The molecule has 124 valence electrons. The number of allylic oxidation sites excluding steroid dienone is 1. The fraction of sp³-hybridized carbons (Fsp3) is 0.444. The smallest absolute Gasteiger partial charge is 0.263 e. The Hall–Kier alpha value is -2.30. The van der Waals surface area contributed by atoms with Crippen molar-refractivity contribution in [2.24, 2.45) is 4.99 Å². The maximum atomic E-state index is 12.0. The van der Waals surface area contributed by atoms with Crippen LogP contribution >= 0.6 is 0 Å². The molecule has 1 heterocycles. The van der Waals surface area contributed by atoms with Crippen molar-refractivity contribution in [3.8, 4) is 11.5 Å². The van der Waals surface area contributed by atoms with Crippen molar-refractivity contribution in [1.29, 1.82) is 0 Å². The first-order chi connectivity index (χ1) is 10.8. The molecule has 1 N–H and O–H groups in total. The highest BCUT2D eigenvalue weighted by molar-refractivity contribution is 5.83. The highest BCUT2D eigenvalue weighted by Gasteiger charge is 2.32. The van der Waals surface area contributed by atoms with Crippen LogP contribution in [0.4, 0.5) is 0 Å². The van der Waals surface area contributed by atoms with Crippen LogP contribution in [0, 0.1) is 0 Å². The molecular formula is C18H24N2O3. The van der Waals surface area contributed by atoms with E-state index in [1.54, 1.807) is 6.08 Å². The fourth-order valence-corrected chi connectivity index (χ4v) is 2.43. The summed E-state index contributed by atoms with van der Waals surface area (Å²) in [5, 5.41) is 2.72. The van der Waals surface area contributed by atoms with Crippen molar-refractivity contribution in [3.63, 3.8) is 0 Å². The van der Waals surface area contributed by atoms with Crippen molar-refractivity contribution >= 4 is 11.6 Å². The lowest BCUT2D eigenvalue weighted by Gasteiger charge is -2.18. The van der Waals surface area contributed by atoms with Crippen LogP contribution in [0.3, 0.4) is 0 Å². The molecular weight excluding hydrogens is 292 g/mol. The summed E-state index contributed by atoms with van der Waals surface area (Å²) >= 11 is 0. The molecule has 1 aliphatic heterocycles. The first kappa shape index (κ1) is 17.1. The largest absolute Gasteiger partial charge is 0.483 e. The van der Waals surface area contributed by atoms with Crippen LogP contribution in [0.25, 0.3) is 0 Å². The number of nitrogens with one attached hydrogen (secondary N) is 1. The number of hydrogen-bond donors (Lipinski definition) is 1. The number of ether oxygens (including phenoxy) is 2. The van der Waals surface area contributed by atoms with E-state index in [0.29, 0.717) is 11.6 Å². The van der Waals surface area contributed by atoms with Gasteiger partial charge in [-0.3, -0.25) is 4.79 Å². The molecule has 1 aliphatic rings. The second-order valence-corrected chi connectivity index (χ2v) is 6.35. The number of carbonyl (C=O) groups is 1. The highest BCUT2D eigenvalue weighted by atomic mass is 16.5. The molecule has 0 saturated heterocycles. The summed E-state index contributed by atoms with van der Waals surface area (Å²) in [6.07, 6.45) is 2.58. The standard InChI is InChI=1S/C18H24N2O3/c1-6-15(19-12(2)3)20-16(21)11-22-14-9-7-8-13-10-18(4,5)23-17(13)14/h6-9H,10-11H2,1-5H3,(H,20,21)/b15-6+. The molecule has 0 aromatic heterocycles. The Bertz CT molecular complexity index is 656. The molecule has 1 amide bonds. The number of rotatable bonds is 5. The van der Waals surface area contributed by atoms with Gasteiger partial charge in [-0.05, 0) is 46.8 Å². The molecule has 0 saturated carbocycles. The summed E-state index contributed by atoms with van der Waals surface area (Å²) in [5.41, 5.74) is 1.74. The second kappa shape index (κ2) is 6.86. The summed E-state index contributed by atoms with van der Waals surface area (Å²) in [4.78, 5) is 16.2. The Morgan fingerprint density at radius 1 is 1.43 bits per heavy atom. The lowest BCUT2D eigenvalue weighted by Crippen LogP contribution is -2.28. The maximum absolute atomic E-state index is 12.0. The lowest BCUT2D eigenvalue weighted by atomic mass is 10.0. The summed E-state index contributed by atoms with van der Waals surface area (Å²) in [6, 6.07) is 5.76. The van der Waals surface area contributed by atoms with Gasteiger partial charge in [0.2, 0.25) is 0 Å². The van der Waals surface area contributed by atoms with Crippen LogP contribution in [-0.2, 0) is 11.2 Å². The molecule has 5 nitrogen and oxygen atoms in total. The van der Waals surface area contributed by atoms with Crippen molar-refractivity contribution in [3.05, 3.63) is 35.7 Å². The minimum absolute atomic E-state index is 0.0874. The van der Waals surface area contributed by atoms with Crippen LogP contribution < -0.4 is 14.8 Å². The minimum Gasteiger partial charge on any atom is -0.483 e. The quantitative estimate of drug-likeness (QED) is 0.848. The number of benzene rings is 1. The average molecular weight is 316 g/mol. The van der Waals surface area contributed by atoms with Crippen LogP contribution in [0.5, 0.6) is 11.5 Å². The van der Waals surface area contributed by atoms with Crippen LogP contribution in [-0.4, -0.2) is 23.8 Å². The first-order valence-corrected chi connectivity index (χ1v) is 7.72. The SMILES string of the molecule is C/C=C(\N=C(C)C)NC(=O)COc1cccc2c1OC(C)(C)C2. The van der Waals surface area contributed by atoms with E-state index in [0.717, 1.165) is 23.4 Å². The van der Waals surface area contributed by atoms with Crippen molar-refractivity contribution in [2.45, 2.75) is 46.6 Å². The third kappa shape index (κ3) is 4.58. The molecule has 23 heavy (non-hydrogen) atoms. The van der Waals surface area contributed by atoms with E-state index in [9.17, 15) is 4.79 Å². The summed E-state index contributed by atoms with van der Waals surface area (Å²) in [6.45, 7) is 9.55. The zero-order chi connectivity index (χ0) is 17.0. The third-order valence-corrected chi connectivity index (χ3v) is 3.30. The Labute approximate surface area is 137 Å². The van der Waals surface area contributed by atoms with Gasteiger partial charge in [0.1, 0.15) is 11.4 Å². The van der Waals surface area contributed by atoms with Crippen molar-refractivity contribution in [1.82, 2.24) is 5.32 Å². The monoisotopic (exact) mass is 316 g/mol. The third-order valence-electron chi connectivity index (χ3n) is 3.30. The molecule has 0 unspecified atom stereocenters. The van der Waals surface area contributed by atoms with Gasteiger partial charge < -0.3 is 14.8 Å². The number of nitrogens with zero attached hydrogens (tertiary/aromatic N) is 1. The van der Waals surface area contributed by atoms with Gasteiger partial charge >= 0.3 is 0 Å². The Kier molecular flexibility index (Phi) is 5.08. The number of carbonyl (C=O) groups excluding carboxylic acids is 1. The van der Waals surface area contributed by atoms with Gasteiger partial charge in [-0.1, -0.05) is 12.1 Å². The predicted molar refractivity (Wildman–Crippen MR) is 91.0 cm³/mol. The van der Waals surface area contributed by atoms with Gasteiger partial charge in [0.25, 0.3) is 5.91 Å². The zero-order valence-corrected chi connectivity index (χ0v) is 14.4. The van der Waals surface area contributed by atoms with E-state index >= 15 is 0 Å². The molecule has 0 bridgehead atoms. The fourth-order valence-electron chi connectivity index (χ4n) is 2.43. The van der Waals surface area contributed by atoms with Gasteiger partial charge in [0.05, 0.1) is 0 Å². The topological polar surface area (TPSA) is 59.9 Å². The van der Waals surface area contributed by atoms with Crippen LogP contribution in [0.2, 0.25) is 0 Å². The number of aliphatic imine (C=N–C) groups is 1. The number of amides is 1. The molecule has 0 fully saturated rings. The maximum Gasteiger partial charge on any atom is 0.263 e. The second-order valence-electron chi connectivity index (χ2n) is 6.35. The number of hydrogen-bond acceptors (Lipinski definition) is 4. The van der Waals surface area contributed by atoms with Crippen molar-refractivity contribution in [2.75, 3.05) is 6.61 Å². The molecule has 1 aromatic rings. The summed E-state index contributed by atoms with van der Waals surface area (Å²) < 4.78 is 11.6. The van der Waals surface area contributed by atoms with Crippen LogP contribution in [0.15, 0.2) is 35.1 Å². The summed E-state index contributed by atoms with van der Waals surface area (Å²) in [7, 11) is 0. The molecule has 0 spiro atoms. The molecule has 5 heteroatoms. The molecule has 0 radical (unpaired) electrons. The van der Waals surface area contributed by atoms with E-state index in [4.69, 9.17) is 9.47 Å². The molecule has 2 rings (SSSR count). The predicted octanol–water partition coefficient (Wildman–Crippen LogP) is 3.24. The van der Waals surface area contributed by atoms with E-state index in [1.165, 1.54) is 0 Å². The van der Waals surface area contributed by atoms with Gasteiger partial charge in [-0.15, -0.1) is 0 Å². The number of fused-ring (bicyclic) bond motifs is 1. The van der Waals surface area contributed by atoms with E-state index in [2.05, 4.69) is 10.3 Å². The molecule has 1 aromatic carbocycles. The van der Waals surface area contributed by atoms with E-state index < -0.39 is 0 Å². The Morgan fingerprint density at radius 2 is 2.17 bits per heavy atom. The van der Waals surface area contributed by atoms with Gasteiger partial charge in [-0.25, -0.2) is 4.99 Å². The average Bonchev–Trinajstić information content (AvgIpc) is 2.78. The lowest BCUT2D eigenvalue weighted by molar-refractivity contribution is -0.122. The highest BCUT2D eigenvalue weighted by Crippen LogP contribution is 2.41. The van der Waals surface area contributed by atoms with E-state index in [1.807, 2.05) is 52.8 Å². The van der Waals surface area contributed by atoms with Gasteiger partial charge in [0.15, 0.2) is 18.1 Å². The Morgan fingerprint density at radius 3 is 2.83 bits per heavy atom. The first-order valence-electron chi connectivity index (χ1n) is 7.72. The van der Waals surface area contributed by atoms with Gasteiger partial charge in [0, 0.05) is 17.7 Å². The normalized spacial score (nSPS) is 15.4. The van der Waals surface area contributed by atoms with Crippen molar-refractivity contribution < 1.29 is 14.3 Å². The van der Waals surface area contributed by atoms with Crippen LogP contribution in [0.1, 0.15) is 40.2 Å². The molecule has 0 aliphatic carbocycles. The Balaban J connectivity index is 1.99. The minimum atomic E-state index is -0.252. The van der Waals surface area contributed by atoms with E-state index in [-0.39, 0.29) is 18.1 Å².